The highest BCUT2D eigenvalue weighted by Gasteiger charge is 2.21. The van der Waals surface area contributed by atoms with Crippen molar-refractivity contribution in [2.75, 3.05) is 11.4 Å². The number of sulfonamides is 1. The molecule has 1 aromatic heterocycles. The van der Waals surface area contributed by atoms with Gasteiger partial charge in [0, 0.05) is 35.9 Å². The van der Waals surface area contributed by atoms with Crippen molar-refractivity contribution >= 4 is 49.1 Å². The first-order valence-corrected chi connectivity index (χ1v) is 10.7. The first-order valence-electron chi connectivity index (χ1n) is 8.07. The molecule has 6 nitrogen and oxygen atoms in total. The van der Waals surface area contributed by atoms with Crippen LogP contribution in [-0.2, 0) is 21.4 Å². The van der Waals surface area contributed by atoms with Crippen molar-refractivity contribution in [2.45, 2.75) is 30.7 Å². The lowest BCUT2D eigenvalue weighted by molar-refractivity contribution is -0.119. The summed E-state index contributed by atoms with van der Waals surface area (Å²) in [5, 5.41) is -0.0895. The summed E-state index contributed by atoms with van der Waals surface area (Å²) in [4.78, 5) is 17.6. The zero-order valence-corrected chi connectivity index (χ0v) is 16.9. The fourth-order valence-electron chi connectivity index (χ4n) is 2.76. The van der Waals surface area contributed by atoms with E-state index in [1.165, 1.54) is 12.3 Å². The molecule has 0 saturated carbocycles. The van der Waals surface area contributed by atoms with Gasteiger partial charge in [-0.1, -0.05) is 23.7 Å². The maximum Gasteiger partial charge on any atom is 0.243 e. The highest BCUT2D eigenvalue weighted by molar-refractivity contribution is 9.10. The molecule has 1 saturated heterocycles. The standard InChI is InChI=1S/C17H17BrClN3O3S/c18-13-9-15(17(19)20-11-13)26(24,25)21-10-12-4-3-5-14(8-12)22-7-2-1-6-16(22)23/h3-5,8-9,11,21H,1-2,6-7,10H2. The predicted molar refractivity (Wildman–Crippen MR) is 104 cm³/mol. The summed E-state index contributed by atoms with van der Waals surface area (Å²) >= 11 is 9.10. The van der Waals surface area contributed by atoms with Crippen LogP contribution in [0.25, 0.3) is 0 Å². The van der Waals surface area contributed by atoms with Gasteiger partial charge in [0.15, 0.2) is 0 Å². The third kappa shape index (κ3) is 4.43. The molecule has 0 unspecified atom stereocenters. The molecule has 26 heavy (non-hydrogen) atoms. The fourth-order valence-corrected chi connectivity index (χ4v) is 4.72. The van der Waals surface area contributed by atoms with Crippen LogP contribution in [0.4, 0.5) is 5.69 Å². The Morgan fingerprint density at radius 1 is 1.27 bits per heavy atom. The van der Waals surface area contributed by atoms with E-state index in [0.717, 1.165) is 24.1 Å². The van der Waals surface area contributed by atoms with E-state index in [9.17, 15) is 13.2 Å². The zero-order chi connectivity index (χ0) is 18.7. The van der Waals surface area contributed by atoms with Crippen molar-refractivity contribution in [1.82, 2.24) is 9.71 Å². The summed E-state index contributed by atoms with van der Waals surface area (Å²) in [6.07, 6.45) is 3.86. The van der Waals surface area contributed by atoms with Crippen LogP contribution in [0.3, 0.4) is 0 Å². The molecule has 2 heterocycles. The second-order valence-corrected chi connectivity index (χ2v) is 8.95. The molecule has 138 valence electrons. The van der Waals surface area contributed by atoms with Gasteiger partial charge in [-0.25, -0.2) is 18.1 Å². The lowest BCUT2D eigenvalue weighted by atomic mass is 10.1. The number of halogens is 2. The number of nitrogens with zero attached hydrogens (tertiary/aromatic N) is 2. The first-order chi connectivity index (χ1) is 12.4. The lowest BCUT2D eigenvalue weighted by Gasteiger charge is -2.27. The molecule has 0 atom stereocenters. The Morgan fingerprint density at radius 2 is 2.08 bits per heavy atom. The Hall–Kier alpha value is -1.48. The zero-order valence-electron chi connectivity index (χ0n) is 13.8. The minimum Gasteiger partial charge on any atom is -0.312 e. The van der Waals surface area contributed by atoms with Crippen molar-refractivity contribution in [3.8, 4) is 0 Å². The number of aromatic nitrogens is 1. The molecule has 1 aliphatic rings. The molecule has 2 aromatic rings. The van der Waals surface area contributed by atoms with Crippen LogP contribution in [0.1, 0.15) is 24.8 Å². The Bertz CT molecular complexity index is 937. The summed E-state index contributed by atoms with van der Waals surface area (Å²) in [7, 11) is -3.82. The fraction of sp³-hybridized carbons (Fsp3) is 0.294. The van der Waals surface area contributed by atoms with Crippen molar-refractivity contribution < 1.29 is 13.2 Å². The van der Waals surface area contributed by atoms with Gasteiger partial charge in [-0.15, -0.1) is 0 Å². The van der Waals surface area contributed by atoms with E-state index in [1.807, 2.05) is 18.2 Å². The molecule has 9 heteroatoms. The van der Waals surface area contributed by atoms with E-state index in [1.54, 1.807) is 11.0 Å². The Kier molecular flexibility index (Phi) is 5.96. The van der Waals surface area contributed by atoms with E-state index in [-0.39, 0.29) is 22.5 Å². The number of pyridine rings is 1. The van der Waals surface area contributed by atoms with Crippen LogP contribution in [0.2, 0.25) is 5.15 Å². The average Bonchev–Trinajstić information content (AvgIpc) is 2.63. The van der Waals surface area contributed by atoms with Gasteiger partial charge in [-0.05, 0) is 52.5 Å². The molecule has 0 aliphatic carbocycles. The van der Waals surface area contributed by atoms with Crippen LogP contribution in [0, 0.1) is 0 Å². The smallest absolute Gasteiger partial charge is 0.243 e. The minimum absolute atomic E-state index is 0.0844. The number of carbonyl (C=O) groups is 1. The molecule has 0 radical (unpaired) electrons. The summed E-state index contributed by atoms with van der Waals surface area (Å²) in [5.41, 5.74) is 1.54. The van der Waals surface area contributed by atoms with Gasteiger partial charge in [0.1, 0.15) is 10.0 Å². The van der Waals surface area contributed by atoms with E-state index < -0.39 is 10.0 Å². The van der Waals surface area contributed by atoms with Crippen molar-refractivity contribution in [3.05, 3.63) is 51.7 Å². The van der Waals surface area contributed by atoms with E-state index in [0.29, 0.717) is 17.4 Å². The number of carbonyl (C=O) groups excluding carboxylic acids is 1. The minimum atomic E-state index is -3.82. The molecular weight excluding hydrogens is 442 g/mol. The summed E-state index contributed by atoms with van der Waals surface area (Å²) in [5.74, 6) is 0.0981. The van der Waals surface area contributed by atoms with Crippen LogP contribution in [-0.4, -0.2) is 25.9 Å². The molecule has 1 fully saturated rings. The van der Waals surface area contributed by atoms with Crippen LogP contribution < -0.4 is 9.62 Å². The Morgan fingerprint density at radius 3 is 2.85 bits per heavy atom. The van der Waals surface area contributed by atoms with Crippen molar-refractivity contribution in [3.63, 3.8) is 0 Å². The molecule has 1 aliphatic heterocycles. The number of hydrogen-bond donors (Lipinski definition) is 1. The van der Waals surface area contributed by atoms with Crippen LogP contribution >= 0.6 is 27.5 Å². The van der Waals surface area contributed by atoms with E-state index in [2.05, 4.69) is 25.6 Å². The molecule has 0 bridgehead atoms. The lowest BCUT2D eigenvalue weighted by Crippen LogP contribution is -2.35. The van der Waals surface area contributed by atoms with Crippen molar-refractivity contribution in [2.24, 2.45) is 0 Å². The van der Waals surface area contributed by atoms with Crippen LogP contribution in [0.5, 0.6) is 0 Å². The third-order valence-electron chi connectivity index (χ3n) is 4.08. The Labute approximate surface area is 165 Å². The van der Waals surface area contributed by atoms with Gasteiger partial charge in [-0.3, -0.25) is 4.79 Å². The Balaban J connectivity index is 1.76. The molecule has 1 amide bonds. The van der Waals surface area contributed by atoms with Gasteiger partial charge in [-0.2, -0.15) is 0 Å². The number of piperidine rings is 1. The monoisotopic (exact) mass is 457 g/mol. The number of anilines is 1. The molecule has 1 aromatic carbocycles. The average molecular weight is 459 g/mol. The molecule has 3 rings (SSSR count). The van der Waals surface area contributed by atoms with E-state index in [4.69, 9.17) is 11.6 Å². The molecule has 0 spiro atoms. The summed E-state index contributed by atoms with van der Waals surface area (Å²) in [6, 6.07) is 8.71. The van der Waals surface area contributed by atoms with Crippen LogP contribution in [0.15, 0.2) is 45.9 Å². The highest BCUT2D eigenvalue weighted by Crippen LogP contribution is 2.24. The normalized spacial score (nSPS) is 15.3. The maximum atomic E-state index is 12.5. The second-order valence-electron chi connectivity index (χ2n) is 5.94. The first kappa shape index (κ1) is 19.3. The highest BCUT2D eigenvalue weighted by atomic mass is 79.9. The quantitative estimate of drug-likeness (QED) is 0.696. The van der Waals surface area contributed by atoms with Gasteiger partial charge >= 0.3 is 0 Å². The molecule has 1 N–H and O–H groups in total. The second kappa shape index (κ2) is 8.04. The predicted octanol–water partition coefficient (Wildman–Crippen LogP) is 3.49. The maximum absolute atomic E-state index is 12.5. The number of hydrogen-bond acceptors (Lipinski definition) is 4. The number of nitrogens with one attached hydrogen (secondary N) is 1. The number of benzene rings is 1. The van der Waals surface area contributed by atoms with Gasteiger partial charge in [0.2, 0.25) is 15.9 Å². The number of rotatable bonds is 5. The summed E-state index contributed by atoms with van der Waals surface area (Å²) in [6.45, 7) is 0.772. The largest absolute Gasteiger partial charge is 0.312 e. The van der Waals surface area contributed by atoms with Crippen molar-refractivity contribution in [1.29, 1.82) is 0 Å². The van der Waals surface area contributed by atoms with Gasteiger partial charge in [0.05, 0.1) is 0 Å². The topological polar surface area (TPSA) is 79.4 Å². The molecular formula is C17H17BrClN3O3S. The summed E-state index contributed by atoms with van der Waals surface area (Å²) < 4.78 is 28.0. The third-order valence-corrected chi connectivity index (χ3v) is 6.34. The van der Waals surface area contributed by atoms with E-state index >= 15 is 0 Å². The SMILES string of the molecule is O=C1CCCCN1c1cccc(CNS(=O)(=O)c2cc(Br)cnc2Cl)c1. The van der Waals surface area contributed by atoms with Gasteiger partial charge in [0.25, 0.3) is 0 Å². The number of amides is 1. The van der Waals surface area contributed by atoms with Gasteiger partial charge < -0.3 is 4.90 Å².